The maximum atomic E-state index is 13.3. The molecule has 1 aromatic heterocycles. The van der Waals surface area contributed by atoms with Gasteiger partial charge in [-0.3, -0.25) is 4.79 Å². The van der Waals surface area contributed by atoms with E-state index in [0.717, 1.165) is 0 Å². The average Bonchev–Trinajstić information content (AvgIpc) is 2.73. The zero-order chi connectivity index (χ0) is 23.0. The van der Waals surface area contributed by atoms with Crippen LogP contribution in [0, 0.1) is 6.92 Å². The first-order chi connectivity index (χ1) is 15.1. The van der Waals surface area contributed by atoms with Gasteiger partial charge in [0.2, 0.25) is 10.0 Å². The number of hydrogen-bond acceptors (Lipinski definition) is 4. The number of rotatable bonds is 4. The van der Waals surface area contributed by atoms with E-state index in [0.29, 0.717) is 49.0 Å². The number of aromatic nitrogens is 1. The molecule has 4 rings (SSSR count). The second kappa shape index (κ2) is 8.52. The summed E-state index contributed by atoms with van der Waals surface area (Å²) >= 11 is 12.5. The number of para-hydroxylation sites is 1. The third-order valence-electron chi connectivity index (χ3n) is 4.99. The van der Waals surface area contributed by atoms with Crippen molar-refractivity contribution in [3.05, 3.63) is 87.9 Å². The lowest BCUT2D eigenvalue weighted by Crippen LogP contribution is -2.16. The summed E-state index contributed by atoms with van der Waals surface area (Å²) in [6.45, 7) is 1.80. The number of benzene rings is 3. The second-order valence-electron chi connectivity index (χ2n) is 7.13. The Hall–Kier alpha value is -2.97. The quantitative estimate of drug-likeness (QED) is 0.402. The molecule has 0 bridgehead atoms. The molecular weight excluding hydrogens is 469 g/mol. The number of carbonyl (C=O) groups is 1. The molecule has 162 valence electrons. The Morgan fingerprint density at radius 3 is 2.34 bits per heavy atom. The number of primary sulfonamides is 1. The van der Waals surface area contributed by atoms with Crippen LogP contribution in [0.1, 0.15) is 15.9 Å². The highest BCUT2D eigenvalue weighted by Gasteiger charge is 2.20. The maximum Gasteiger partial charge on any atom is 0.256 e. The molecule has 0 aliphatic carbocycles. The summed E-state index contributed by atoms with van der Waals surface area (Å²) in [7, 11) is -3.82. The summed E-state index contributed by atoms with van der Waals surface area (Å²) < 4.78 is 22.9. The Balaban J connectivity index is 1.82. The minimum atomic E-state index is -3.82. The first kappa shape index (κ1) is 22.2. The lowest BCUT2D eigenvalue weighted by Gasteiger charge is -2.16. The third-order valence-corrected chi connectivity index (χ3v) is 6.47. The van der Waals surface area contributed by atoms with Gasteiger partial charge < -0.3 is 5.32 Å². The van der Waals surface area contributed by atoms with Gasteiger partial charge in [-0.2, -0.15) is 0 Å². The summed E-state index contributed by atoms with van der Waals surface area (Å²) in [5, 5.41) is 9.55. The molecule has 32 heavy (non-hydrogen) atoms. The number of carbonyl (C=O) groups excluding carboxylic acids is 1. The Morgan fingerprint density at radius 1 is 1.00 bits per heavy atom. The number of anilines is 1. The standard InChI is InChI=1S/C23H17Cl2N3O3S/c1-13-21(23(29)27-15-7-9-16(10-8-15)32(26,30)31)18-4-2-3-5-20(18)28-22(13)17-11-6-14(24)12-19(17)25/h2-12H,1H3,(H,27,29)(H2,26,30,31). The number of fused-ring (bicyclic) bond motifs is 1. The van der Waals surface area contributed by atoms with Crippen LogP contribution in [0.25, 0.3) is 22.2 Å². The Morgan fingerprint density at radius 2 is 1.69 bits per heavy atom. The number of nitrogens with two attached hydrogens (primary N) is 1. The fraction of sp³-hybridized carbons (Fsp3) is 0.0435. The van der Waals surface area contributed by atoms with E-state index in [-0.39, 0.29) is 10.8 Å². The van der Waals surface area contributed by atoms with Crippen molar-refractivity contribution in [1.82, 2.24) is 4.98 Å². The number of halogens is 2. The summed E-state index contributed by atoms with van der Waals surface area (Å²) in [6, 6.07) is 18.0. The number of hydrogen-bond donors (Lipinski definition) is 2. The summed E-state index contributed by atoms with van der Waals surface area (Å²) in [4.78, 5) is 18.0. The Labute approximate surface area is 195 Å². The van der Waals surface area contributed by atoms with Gasteiger partial charge in [-0.05, 0) is 61.0 Å². The Bertz CT molecular complexity index is 1470. The maximum absolute atomic E-state index is 13.3. The van der Waals surface area contributed by atoms with Crippen molar-refractivity contribution in [2.45, 2.75) is 11.8 Å². The molecule has 0 atom stereocenters. The fourth-order valence-electron chi connectivity index (χ4n) is 3.47. The minimum Gasteiger partial charge on any atom is -0.322 e. The minimum absolute atomic E-state index is 0.0410. The number of pyridine rings is 1. The Kier molecular flexibility index (Phi) is 5.92. The predicted octanol–water partition coefficient (Wildman–Crippen LogP) is 5.42. The van der Waals surface area contributed by atoms with Crippen molar-refractivity contribution >= 4 is 55.7 Å². The van der Waals surface area contributed by atoms with Crippen LogP contribution in [-0.2, 0) is 10.0 Å². The van der Waals surface area contributed by atoms with Gasteiger partial charge in [0, 0.05) is 21.7 Å². The van der Waals surface area contributed by atoms with Crippen LogP contribution in [-0.4, -0.2) is 19.3 Å². The molecule has 3 N–H and O–H groups in total. The van der Waals surface area contributed by atoms with Crippen molar-refractivity contribution in [2.24, 2.45) is 5.14 Å². The molecule has 0 unspecified atom stereocenters. The molecule has 0 saturated heterocycles. The molecule has 0 spiro atoms. The molecule has 0 fully saturated rings. The zero-order valence-electron chi connectivity index (χ0n) is 16.8. The lowest BCUT2D eigenvalue weighted by molar-refractivity contribution is 0.102. The molecule has 1 heterocycles. The van der Waals surface area contributed by atoms with Gasteiger partial charge in [-0.25, -0.2) is 18.5 Å². The normalized spacial score (nSPS) is 11.5. The van der Waals surface area contributed by atoms with Crippen LogP contribution in [0.5, 0.6) is 0 Å². The van der Waals surface area contributed by atoms with Gasteiger partial charge in [0.05, 0.1) is 26.7 Å². The van der Waals surface area contributed by atoms with Crippen LogP contribution >= 0.6 is 23.2 Å². The molecule has 0 saturated carbocycles. The van der Waals surface area contributed by atoms with Gasteiger partial charge in [-0.1, -0.05) is 41.4 Å². The highest BCUT2D eigenvalue weighted by Crippen LogP contribution is 2.35. The molecule has 0 aliphatic heterocycles. The fourth-order valence-corrected chi connectivity index (χ4v) is 4.48. The number of nitrogens with zero attached hydrogens (tertiary/aromatic N) is 1. The van der Waals surface area contributed by atoms with Gasteiger partial charge >= 0.3 is 0 Å². The highest BCUT2D eigenvalue weighted by atomic mass is 35.5. The smallest absolute Gasteiger partial charge is 0.256 e. The second-order valence-corrected chi connectivity index (χ2v) is 9.53. The average molecular weight is 486 g/mol. The zero-order valence-corrected chi connectivity index (χ0v) is 19.1. The van der Waals surface area contributed by atoms with Crippen molar-refractivity contribution in [2.75, 3.05) is 5.32 Å². The van der Waals surface area contributed by atoms with Crippen molar-refractivity contribution in [1.29, 1.82) is 0 Å². The highest BCUT2D eigenvalue weighted by molar-refractivity contribution is 7.89. The van der Waals surface area contributed by atoms with Crippen LogP contribution in [0.2, 0.25) is 10.0 Å². The molecule has 0 aliphatic rings. The SMILES string of the molecule is Cc1c(-c2ccc(Cl)cc2Cl)nc2ccccc2c1C(=O)Nc1ccc(S(N)(=O)=O)cc1. The summed E-state index contributed by atoms with van der Waals surface area (Å²) in [5.74, 6) is -0.365. The van der Waals surface area contributed by atoms with Gasteiger partial charge in [-0.15, -0.1) is 0 Å². The van der Waals surface area contributed by atoms with Crippen molar-refractivity contribution in [3.8, 4) is 11.3 Å². The van der Waals surface area contributed by atoms with E-state index >= 15 is 0 Å². The van der Waals surface area contributed by atoms with E-state index in [4.69, 9.17) is 33.3 Å². The van der Waals surface area contributed by atoms with Crippen LogP contribution in [0.3, 0.4) is 0 Å². The predicted molar refractivity (Wildman–Crippen MR) is 128 cm³/mol. The van der Waals surface area contributed by atoms with E-state index in [1.54, 1.807) is 25.1 Å². The topological polar surface area (TPSA) is 102 Å². The van der Waals surface area contributed by atoms with E-state index in [9.17, 15) is 13.2 Å². The molecule has 0 radical (unpaired) electrons. The lowest BCUT2D eigenvalue weighted by atomic mass is 9.97. The largest absolute Gasteiger partial charge is 0.322 e. The summed E-state index contributed by atoms with van der Waals surface area (Å²) in [6.07, 6.45) is 0. The molecule has 4 aromatic rings. The monoisotopic (exact) mass is 485 g/mol. The number of sulfonamides is 1. The van der Waals surface area contributed by atoms with E-state index in [1.807, 2.05) is 24.3 Å². The molecule has 3 aromatic carbocycles. The third kappa shape index (κ3) is 4.33. The van der Waals surface area contributed by atoms with Crippen LogP contribution in [0.4, 0.5) is 5.69 Å². The van der Waals surface area contributed by atoms with E-state index < -0.39 is 10.0 Å². The van der Waals surface area contributed by atoms with Gasteiger partial charge in [0.15, 0.2) is 0 Å². The first-order valence-corrected chi connectivity index (χ1v) is 11.7. The number of nitrogens with one attached hydrogen (secondary N) is 1. The summed E-state index contributed by atoms with van der Waals surface area (Å²) in [5.41, 5.74) is 3.37. The van der Waals surface area contributed by atoms with Gasteiger partial charge in [0.1, 0.15) is 0 Å². The van der Waals surface area contributed by atoms with Crippen molar-refractivity contribution in [3.63, 3.8) is 0 Å². The molecule has 6 nitrogen and oxygen atoms in total. The van der Waals surface area contributed by atoms with Crippen molar-refractivity contribution < 1.29 is 13.2 Å². The first-order valence-electron chi connectivity index (χ1n) is 9.44. The molecular formula is C23H17Cl2N3O3S. The van der Waals surface area contributed by atoms with Gasteiger partial charge in [0.25, 0.3) is 5.91 Å². The van der Waals surface area contributed by atoms with E-state index in [1.165, 1.54) is 24.3 Å². The van der Waals surface area contributed by atoms with Crippen LogP contribution in [0.15, 0.2) is 71.6 Å². The van der Waals surface area contributed by atoms with E-state index in [2.05, 4.69) is 5.32 Å². The number of amides is 1. The van der Waals surface area contributed by atoms with Crippen LogP contribution < -0.4 is 10.5 Å². The molecule has 1 amide bonds. The molecule has 9 heteroatoms.